The molecule has 0 spiro atoms. The van der Waals surface area contributed by atoms with Gasteiger partial charge in [-0.1, -0.05) is 52.2 Å². The van der Waals surface area contributed by atoms with Crippen LogP contribution in [0.4, 0.5) is 0 Å². The summed E-state index contributed by atoms with van der Waals surface area (Å²) in [7, 11) is 0. The maximum absolute atomic E-state index is 13.1. The topological polar surface area (TPSA) is 99.1 Å². The Hall–Kier alpha value is -1.65. The first-order valence-corrected chi connectivity index (χ1v) is 12.9. The highest BCUT2D eigenvalue weighted by atomic mass is 127. The van der Waals surface area contributed by atoms with Crippen molar-refractivity contribution in [2.75, 3.05) is 19.7 Å². The summed E-state index contributed by atoms with van der Waals surface area (Å²) in [4.78, 5) is 27.6. The second kappa shape index (κ2) is 13.9. The van der Waals surface area contributed by atoms with E-state index in [1.165, 1.54) is 0 Å². The number of aliphatic hydroxyl groups excluding tert-OH is 2. The van der Waals surface area contributed by atoms with E-state index in [4.69, 9.17) is 9.84 Å². The normalized spacial score (nSPS) is 20.3. The van der Waals surface area contributed by atoms with Gasteiger partial charge in [0.05, 0.1) is 16.2 Å². The molecular weight excluding hydrogens is 535 g/mol. The fraction of sp³-hybridized carbons (Fsp3) is 0.600. The van der Waals surface area contributed by atoms with Gasteiger partial charge in [0.2, 0.25) is 11.8 Å². The number of amides is 2. The number of para-hydroxylation sites is 1. The first-order chi connectivity index (χ1) is 15.8. The van der Waals surface area contributed by atoms with Crippen LogP contribution in [0, 0.1) is 9.49 Å². The van der Waals surface area contributed by atoms with Crippen LogP contribution in [-0.2, 0) is 9.59 Å². The molecule has 0 saturated heterocycles. The third-order valence-electron chi connectivity index (χ3n) is 5.74. The van der Waals surface area contributed by atoms with Gasteiger partial charge in [-0.2, -0.15) is 0 Å². The minimum atomic E-state index is -0.982. The number of benzene rings is 1. The first-order valence-electron chi connectivity index (χ1n) is 11.8. The summed E-state index contributed by atoms with van der Waals surface area (Å²) in [5.74, 6) is 0.0232. The number of nitrogens with one attached hydrogen (secondary N) is 1. The summed E-state index contributed by atoms with van der Waals surface area (Å²) in [5.41, 5.74) is 0.449. The standard InChI is InChI=1S/C25H37IN2O5/c1-4-5-6-9-13-28(25(32)17(2)3)20-15-18(24(31)27-12-14-29)16-22(23(20)30)33-21-11-8-7-10-19(21)26/h7-8,10-11,16-17,20,22-23,29-30H,4-6,9,12-15H2,1-3H3,(H,27,31). The van der Waals surface area contributed by atoms with Crippen molar-refractivity contribution in [3.05, 3.63) is 39.5 Å². The van der Waals surface area contributed by atoms with E-state index in [9.17, 15) is 14.7 Å². The fourth-order valence-electron chi connectivity index (χ4n) is 3.95. The Morgan fingerprint density at radius 3 is 2.61 bits per heavy atom. The second-order valence-corrected chi connectivity index (χ2v) is 9.86. The molecule has 3 unspecified atom stereocenters. The summed E-state index contributed by atoms with van der Waals surface area (Å²) < 4.78 is 7.03. The molecule has 0 saturated carbocycles. The highest BCUT2D eigenvalue weighted by molar-refractivity contribution is 14.1. The third-order valence-corrected chi connectivity index (χ3v) is 6.64. The fourth-order valence-corrected chi connectivity index (χ4v) is 4.46. The van der Waals surface area contributed by atoms with E-state index in [-0.39, 0.29) is 37.3 Å². The molecule has 0 fully saturated rings. The van der Waals surface area contributed by atoms with Crippen molar-refractivity contribution < 1.29 is 24.5 Å². The maximum Gasteiger partial charge on any atom is 0.247 e. The molecule has 1 aliphatic carbocycles. The van der Waals surface area contributed by atoms with Crippen molar-refractivity contribution in [1.29, 1.82) is 0 Å². The number of hydrogen-bond donors (Lipinski definition) is 3. The van der Waals surface area contributed by atoms with Gasteiger partial charge in [0.25, 0.3) is 0 Å². The van der Waals surface area contributed by atoms with E-state index < -0.39 is 18.2 Å². The van der Waals surface area contributed by atoms with Crippen LogP contribution < -0.4 is 10.1 Å². The molecule has 0 heterocycles. The van der Waals surface area contributed by atoms with E-state index in [1.54, 1.807) is 11.0 Å². The van der Waals surface area contributed by atoms with Gasteiger partial charge in [0.15, 0.2) is 0 Å². The lowest BCUT2D eigenvalue weighted by atomic mass is 9.87. The van der Waals surface area contributed by atoms with Crippen molar-refractivity contribution in [1.82, 2.24) is 10.2 Å². The molecule has 8 heteroatoms. The average molecular weight is 572 g/mol. The predicted molar refractivity (Wildman–Crippen MR) is 137 cm³/mol. The van der Waals surface area contributed by atoms with E-state index in [2.05, 4.69) is 34.8 Å². The van der Waals surface area contributed by atoms with Crippen LogP contribution in [0.3, 0.4) is 0 Å². The molecule has 3 atom stereocenters. The van der Waals surface area contributed by atoms with Crippen LogP contribution in [0.25, 0.3) is 0 Å². The molecule has 1 aliphatic rings. The minimum Gasteiger partial charge on any atom is -0.482 e. The molecule has 0 aliphatic heterocycles. The predicted octanol–water partition coefficient (Wildman–Crippen LogP) is 3.27. The highest BCUT2D eigenvalue weighted by Crippen LogP contribution is 2.30. The van der Waals surface area contributed by atoms with Gasteiger partial charge in [-0.3, -0.25) is 9.59 Å². The molecule has 0 aromatic heterocycles. The van der Waals surface area contributed by atoms with Gasteiger partial charge >= 0.3 is 0 Å². The van der Waals surface area contributed by atoms with Crippen LogP contribution in [0.5, 0.6) is 5.75 Å². The number of nitrogens with zero attached hydrogens (tertiary/aromatic N) is 1. The van der Waals surface area contributed by atoms with Gasteiger partial charge in [0, 0.05) is 31.0 Å². The second-order valence-electron chi connectivity index (χ2n) is 8.69. The van der Waals surface area contributed by atoms with Crippen molar-refractivity contribution in [3.63, 3.8) is 0 Å². The zero-order chi connectivity index (χ0) is 24.4. The average Bonchev–Trinajstić information content (AvgIpc) is 2.80. The molecule has 33 heavy (non-hydrogen) atoms. The van der Waals surface area contributed by atoms with Crippen LogP contribution in [0.2, 0.25) is 0 Å². The van der Waals surface area contributed by atoms with Crippen LogP contribution in [0.1, 0.15) is 52.9 Å². The van der Waals surface area contributed by atoms with Gasteiger partial charge in [-0.15, -0.1) is 0 Å². The Morgan fingerprint density at radius 1 is 1.24 bits per heavy atom. The smallest absolute Gasteiger partial charge is 0.247 e. The Morgan fingerprint density at radius 2 is 1.97 bits per heavy atom. The summed E-state index contributed by atoms with van der Waals surface area (Å²) >= 11 is 2.17. The molecule has 0 radical (unpaired) electrons. The number of hydrogen-bond acceptors (Lipinski definition) is 5. The van der Waals surface area contributed by atoms with E-state index in [0.29, 0.717) is 17.9 Å². The lowest BCUT2D eigenvalue weighted by Gasteiger charge is -2.41. The number of aliphatic hydroxyl groups is 2. The van der Waals surface area contributed by atoms with Crippen molar-refractivity contribution in [2.45, 2.75) is 71.1 Å². The number of ether oxygens (including phenoxy) is 1. The van der Waals surface area contributed by atoms with Gasteiger partial charge in [0.1, 0.15) is 18.0 Å². The Balaban J connectivity index is 2.35. The zero-order valence-electron chi connectivity index (χ0n) is 19.8. The molecular formula is C25H37IN2O5. The number of carbonyl (C=O) groups excluding carboxylic acids is 2. The monoisotopic (exact) mass is 572 g/mol. The van der Waals surface area contributed by atoms with Gasteiger partial charge in [-0.05, 0) is 47.2 Å². The van der Waals surface area contributed by atoms with Crippen LogP contribution in [-0.4, -0.2) is 64.9 Å². The molecule has 2 rings (SSSR count). The molecule has 1 aromatic carbocycles. The zero-order valence-corrected chi connectivity index (χ0v) is 22.0. The van der Waals surface area contributed by atoms with Gasteiger partial charge < -0.3 is 25.2 Å². The van der Waals surface area contributed by atoms with E-state index in [0.717, 1.165) is 29.3 Å². The Labute approximate surface area is 210 Å². The van der Waals surface area contributed by atoms with Crippen LogP contribution in [0.15, 0.2) is 35.9 Å². The van der Waals surface area contributed by atoms with E-state index in [1.807, 2.05) is 38.1 Å². The Bertz CT molecular complexity index is 814. The van der Waals surface area contributed by atoms with Crippen LogP contribution >= 0.6 is 22.6 Å². The number of halogens is 1. The molecule has 0 bridgehead atoms. The Kier molecular flexibility index (Phi) is 11.6. The number of rotatable bonds is 12. The summed E-state index contributed by atoms with van der Waals surface area (Å²) in [6.07, 6.45) is 4.13. The molecule has 2 amide bonds. The minimum absolute atomic E-state index is 0.0411. The SMILES string of the molecule is CCCCCCN(C(=O)C(C)C)C1CC(C(=O)NCCO)=CC(Oc2ccccc2I)C1O. The summed E-state index contributed by atoms with van der Waals surface area (Å²) in [5, 5.41) is 23.1. The molecule has 1 aromatic rings. The maximum atomic E-state index is 13.1. The van der Waals surface area contributed by atoms with Gasteiger partial charge in [-0.25, -0.2) is 0 Å². The quantitative estimate of drug-likeness (QED) is 0.264. The summed E-state index contributed by atoms with van der Waals surface area (Å²) in [6.45, 7) is 6.33. The number of unbranched alkanes of at least 4 members (excludes halogenated alkanes) is 3. The largest absolute Gasteiger partial charge is 0.482 e. The highest BCUT2D eigenvalue weighted by Gasteiger charge is 2.40. The molecule has 3 N–H and O–H groups in total. The number of carbonyl (C=O) groups is 2. The summed E-state index contributed by atoms with van der Waals surface area (Å²) in [6, 6.07) is 6.90. The lowest BCUT2D eigenvalue weighted by molar-refractivity contribution is -0.141. The van der Waals surface area contributed by atoms with E-state index >= 15 is 0 Å². The van der Waals surface area contributed by atoms with Crippen molar-refractivity contribution in [2.24, 2.45) is 5.92 Å². The third kappa shape index (κ3) is 7.96. The molecule has 7 nitrogen and oxygen atoms in total. The molecule has 184 valence electrons. The lowest BCUT2D eigenvalue weighted by Crippen LogP contribution is -2.56. The van der Waals surface area contributed by atoms with Crippen molar-refractivity contribution >= 4 is 34.4 Å². The first kappa shape index (κ1) is 27.6. The van der Waals surface area contributed by atoms with Crippen molar-refractivity contribution in [3.8, 4) is 5.75 Å².